The third kappa shape index (κ3) is 1.77. The fourth-order valence-electron chi connectivity index (χ4n) is 6.66. The van der Waals surface area contributed by atoms with E-state index >= 15 is 0 Å². The van der Waals surface area contributed by atoms with Crippen molar-refractivity contribution in [2.75, 3.05) is 6.61 Å². The lowest BCUT2D eigenvalue weighted by molar-refractivity contribution is -0.162. The van der Waals surface area contributed by atoms with Gasteiger partial charge in [-0.15, -0.1) is 0 Å². The number of carbonyl (C=O) groups excluding carboxylic acids is 1. The van der Waals surface area contributed by atoms with Crippen LogP contribution in [0.4, 0.5) is 0 Å². The number of hydrogen-bond donors (Lipinski definition) is 1. The SMILES string of the molecule is C[C@]12CCC(=O)[C@](C)(CO)C1CC[C@@]1(C)c3cocc3CCC21. The Morgan fingerprint density at radius 2 is 1.91 bits per heavy atom. The van der Waals surface area contributed by atoms with E-state index in [1.165, 1.54) is 17.5 Å². The van der Waals surface area contributed by atoms with Gasteiger partial charge in [0.1, 0.15) is 5.78 Å². The van der Waals surface area contributed by atoms with E-state index < -0.39 is 5.41 Å². The van der Waals surface area contributed by atoms with Crippen LogP contribution in [-0.4, -0.2) is 17.5 Å². The van der Waals surface area contributed by atoms with Crippen LogP contribution in [0.1, 0.15) is 64.0 Å². The van der Waals surface area contributed by atoms with Crippen LogP contribution in [-0.2, 0) is 16.6 Å². The summed E-state index contributed by atoms with van der Waals surface area (Å²) >= 11 is 0. The average molecular weight is 316 g/mol. The number of carbonyl (C=O) groups is 1. The summed E-state index contributed by atoms with van der Waals surface area (Å²) < 4.78 is 5.54. The molecule has 2 fully saturated rings. The standard InChI is InChI=1S/C20H28O3/c1-18-8-6-16-19(2,9-7-17(22)20(16,3)12-21)15(18)5-4-13-10-23-11-14(13)18/h10-11,15-16,21H,4-9,12H2,1-3H3/t15?,16?,18-,19+,20+/m0/s1. The number of ketones is 1. The molecule has 0 radical (unpaired) electrons. The molecule has 2 unspecified atom stereocenters. The molecule has 0 aromatic carbocycles. The van der Waals surface area contributed by atoms with Gasteiger partial charge in [-0.2, -0.15) is 0 Å². The van der Waals surface area contributed by atoms with Crippen molar-refractivity contribution in [1.82, 2.24) is 0 Å². The Labute approximate surface area is 138 Å². The van der Waals surface area contributed by atoms with E-state index in [-0.39, 0.29) is 23.2 Å². The summed E-state index contributed by atoms with van der Waals surface area (Å²) in [6, 6.07) is 0. The second-order valence-electron chi connectivity index (χ2n) is 8.92. The average Bonchev–Trinajstić information content (AvgIpc) is 3.01. The fourth-order valence-corrected chi connectivity index (χ4v) is 6.66. The second-order valence-corrected chi connectivity index (χ2v) is 8.92. The van der Waals surface area contributed by atoms with Crippen LogP contribution in [0.5, 0.6) is 0 Å². The van der Waals surface area contributed by atoms with Gasteiger partial charge in [0, 0.05) is 6.42 Å². The number of aryl methyl sites for hydroxylation is 1. The number of rotatable bonds is 1. The molecule has 0 spiro atoms. The van der Waals surface area contributed by atoms with Gasteiger partial charge in [0.2, 0.25) is 0 Å². The number of furan rings is 1. The first kappa shape index (κ1) is 15.4. The van der Waals surface area contributed by atoms with Gasteiger partial charge >= 0.3 is 0 Å². The summed E-state index contributed by atoms with van der Waals surface area (Å²) in [5, 5.41) is 10.0. The zero-order valence-electron chi connectivity index (χ0n) is 14.5. The van der Waals surface area contributed by atoms with Gasteiger partial charge in [-0.05, 0) is 65.9 Å². The van der Waals surface area contributed by atoms with Gasteiger partial charge in [-0.25, -0.2) is 0 Å². The zero-order chi connectivity index (χ0) is 16.5. The molecule has 2 saturated carbocycles. The molecule has 0 bridgehead atoms. The molecule has 1 heterocycles. The van der Waals surface area contributed by atoms with Crippen LogP contribution < -0.4 is 0 Å². The Hall–Kier alpha value is -1.09. The zero-order valence-corrected chi connectivity index (χ0v) is 14.5. The largest absolute Gasteiger partial charge is 0.472 e. The first-order valence-corrected chi connectivity index (χ1v) is 9.06. The summed E-state index contributed by atoms with van der Waals surface area (Å²) in [5.74, 6) is 1.14. The number of aliphatic hydroxyl groups excluding tert-OH is 1. The number of hydrogen-bond acceptors (Lipinski definition) is 3. The molecular formula is C20H28O3. The highest BCUT2D eigenvalue weighted by molar-refractivity contribution is 5.86. The number of aliphatic hydroxyl groups is 1. The topological polar surface area (TPSA) is 50.4 Å². The predicted molar refractivity (Wildman–Crippen MR) is 88.1 cm³/mol. The Morgan fingerprint density at radius 3 is 2.65 bits per heavy atom. The van der Waals surface area contributed by atoms with Crippen molar-refractivity contribution < 1.29 is 14.3 Å². The van der Waals surface area contributed by atoms with E-state index in [4.69, 9.17) is 4.42 Å². The third-order valence-electron chi connectivity index (χ3n) is 8.00. The molecular weight excluding hydrogens is 288 g/mol. The summed E-state index contributed by atoms with van der Waals surface area (Å²) in [6.07, 6.45) is 9.85. The maximum absolute atomic E-state index is 12.6. The Bertz CT molecular complexity index is 647. The Morgan fingerprint density at radius 1 is 1.13 bits per heavy atom. The third-order valence-corrected chi connectivity index (χ3v) is 8.00. The first-order chi connectivity index (χ1) is 10.9. The van der Waals surface area contributed by atoms with Crippen molar-refractivity contribution in [3.05, 3.63) is 23.7 Å². The van der Waals surface area contributed by atoms with Crippen molar-refractivity contribution in [2.24, 2.45) is 22.7 Å². The highest BCUT2D eigenvalue weighted by Gasteiger charge is 2.62. The van der Waals surface area contributed by atoms with Crippen molar-refractivity contribution in [1.29, 1.82) is 0 Å². The van der Waals surface area contributed by atoms with E-state index in [2.05, 4.69) is 13.8 Å². The van der Waals surface area contributed by atoms with Gasteiger partial charge in [-0.1, -0.05) is 20.8 Å². The van der Waals surface area contributed by atoms with Crippen LogP contribution in [0.2, 0.25) is 0 Å². The minimum Gasteiger partial charge on any atom is -0.472 e. The van der Waals surface area contributed by atoms with Gasteiger partial charge in [0.25, 0.3) is 0 Å². The molecule has 3 nitrogen and oxygen atoms in total. The maximum atomic E-state index is 12.6. The minimum atomic E-state index is -0.551. The number of fused-ring (bicyclic) bond motifs is 5. The molecule has 3 aliphatic rings. The molecule has 3 aliphatic carbocycles. The molecule has 0 aliphatic heterocycles. The quantitative estimate of drug-likeness (QED) is 0.855. The first-order valence-electron chi connectivity index (χ1n) is 9.06. The van der Waals surface area contributed by atoms with Gasteiger partial charge in [0.15, 0.2) is 0 Å². The summed E-state index contributed by atoms with van der Waals surface area (Å²) in [5.41, 5.74) is 2.51. The Balaban J connectivity index is 1.80. The molecule has 1 aromatic rings. The normalized spacial score (nSPS) is 46.0. The molecule has 23 heavy (non-hydrogen) atoms. The molecule has 1 N–H and O–H groups in total. The van der Waals surface area contributed by atoms with E-state index in [1.54, 1.807) is 0 Å². The molecule has 0 saturated heterocycles. The maximum Gasteiger partial charge on any atom is 0.141 e. The van der Waals surface area contributed by atoms with Gasteiger partial charge < -0.3 is 9.52 Å². The van der Waals surface area contributed by atoms with Crippen molar-refractivity contribution >= 4 is 5.78 Å². The number of Topliss-reactive ketones (excluding diaryl/α,β-unsaturated/α-hetero) is 1. The minimum absolute atomic E-state index is 0.00746. The highest BCUT2D eigenvalue weighted by atomic mass is 16.3. The summed E-state index contributed by atoms with van der Waals surface area (Å²) in [6.45, 7) is 6.79. The molecule has 0 amide bonds. The highest BCUT2D eigenvalue weighted by Crippen LogP contribution is 2.66. The summed E-state index contributed by atoms with van der Waals surface area (Å²) in [4.78, 5) is 12.6. The van der Waals surface area contributed by atoms with Crippen LogP contribution in [0, 0.1) is 22.7 Å². The van der Waals surface area contributed by atoms with Crippen molar-refractivity contribution in [3.8, 4) is 0 Å². The lowest BCUT2D eigenvalue weighted by Gasteiger charge is -2.63. The summed E-state index contributed by atoms with van der Waals surface area (Å²) in [7, 11) is 0. The lowest BCUT2D eigenvalue weighted by Crippen LogP contribution is -2.61. The molecule has 1 aromatic heterocycles. The van der Waals surface area contributed by atoms with Crippen LogP contribution >= 0.6 is 0 Å². The Kier molecular flexibility index (Phi) is 3.17. The van der Waals surface area contributed by atoms with Crippen molar-refractivity contribution in [2.45, 2.75) is 64.7 Å². The van der Waals surface area contributed by atoms with Crippen molar-refractivity contribution in [3.63, 3.8) is 0 Å². The van der Waals surface area contributed by atoms with Gasteiger partial charge in [-0.3, -0.25) is 4.79 Å². The fraction of sp³-hybridized carbons (Fsp3) is 0.750. The van der Waals surface area contributed by atoms with Crippen LogP contribution in [0.25, 0.3) is 0 Å². The smallest absolute Gasteiger partial charge is 0.141 e. The van der Waals surface area contributed by atoms with E-state index in [0.29, 0.717) is 18.3 Å². The van der Waals surface area contributed by atoms with E-state index in [9.17, 15) is 9.90 Å². The van der Waals surface area contributed by atoms with Gasteiger partial charge in [0.05, 0.1) is 24.5 Å². The predicted octanol–water partition coefficient (Wildman–Crippen LogP) is 3.88. The molecule has 126 valence electrons. The second kappa shape index (κ2) is 4.72. The molecule has 5 atom stereocenters. The monoisotopic (exact) mass is 316 g/mol. The molecule has 4 rings (SSSR count). The molecule has 3 heteroatoms. The van der Waals surface area contributed by atoms with Crippen LogP contribution in [0.3, 0.4) is 0 Å². The van der Waals surface area contributed by atoms with Crippen LogP contribution in [0.15, 0.2) is 16.9 Å². The van der Waals surface area contributed by atoms with E-state index in [1.807, 2.05) is 19.5 Å². The van der Waals surface area contributed by atoms with E-state index in [0.717, 1.165) is 25.7 Å². The lowest BCUT2D eigenvalue weighted by atomic mass is 9.40.